The third-order valence-corrected chi connectivity index (χ3v) is 4.60. The Morgan fingerprint density at radius 3 is 1.38 bits per heavy atom. The molecule has 0 N–H and O–H groups in total. The summed E-state index contributed by atoms with van der Waals surface area (Å²) in [6.45, 7) is 0. The first kappa shape index (κ1) is 12.2. The van der Waals surface area contributed by atoms with Crippen LogP contribution in [0.5, 0.6) is 0 Å². The van der Waals surface area contributed by atoms with Crippen LogP contribution in [-0.2, 0) is 0 Å². The van der Waals surface area contributed by atoms with Crippen LogP contribution in [0.15, 0.2) is 12.2 Å². The summed E-state index contributed by atoms with van der Waals surface area (Å²) in [5, 5.41) is 0. The van der Waals surface area contributed by atoms with Crippen molar-refractivity contribution >= 4 is 0 Å². The largest absolute Gasteiger partial charge is 0.0885 e. The zero-order chi connectivity index (χ0) is 11.1. The Labute approximate surface area is 102 Å². The molecule has 0 radical (unpaired) electrons. The molecule has 0 aliphatic heterocycles. The molecule has 0 aromatic carbocycles. The highest BCUT2D eigenvalue weighted by molar-refractivity contribution is 4.82. The van der Waals surface area contributed by atoms with Crippen LogP contribution in [0.4, 0.5) is 0 Å². The molecule has 92 valence electrons. The van der Waals surface area contributed by atoms with E-state index in [1.807, 2.05) is 0 Å². The van der Waals surface area contributed by atoms with Gasteiger partial charge >= 0.3 is 0 Å². The first-order valence-corrected chi connectivity index (χ1v) is 7.60. The fourth-order valence-corrected chi connectivity index (χ4v) is 3.43. The molecule has 0 atom stereocenters. The van der Waals surface area contributed by atoms with E-state index in [9.17, 15) is 0 Å². The van der Waals surface area contributed by atoms with Crippen LogP contribution in [-0.4, -0.2) is 0 Å². The Kier molecular flexibility index (Phi) is 5.45. The maximum atomic E-state index is 2.42. The molecule has 0 nitrogen and oxygen atoms in total. The average Bonchev–Trinajstić information content (AvgIpc) is 2.33. The summed E-state index contributed by atoms with van der Waals surface area (Å²) < 4.78 is 0. The normalized spacial score (nSPS) is 33.5. The van der Waals surface area contributed by atoms with Gasteiger partial charge in [-0.3, -0.25) is 0 Å². The van der Waals surface area contributed by atoms with Crippen LogP contribution in [0.25, 0.3) is 0 Å². The van der Waals surface area contributed by atoms with E-state index in [0.29, 0.717) is 0 Å². The van der Waals surface area contributed by atoms with E-state index in [4.69, 9.17) is 0 Å². The van der Waals surface area contributed by atoms with Crippen molar-refractivity contribution in [3.63, 3.8) is 0 Å². The Morgan fingerprint density at radius 1 is 0.500 bits per heavy atom. The monoisotopic (exact) mass is 220 g/mol. The molecule has 0 amide bonds. The van der Waals surface area contributed by atoms with Gasteiger partial charge in [-0.25, -0.2) is 0 Å². The predicted molar refractivity (Wildman–Crippen MR) is 71.5 cm³/mol. The van der Waals surface area contributed by atoms with Gasteiger partial charge in [-0.2, -0.15) is 0 Å². The smallest absolute Gasteiger partial charge is 0.0351 e. The highest BCUT2D eigenvalue weighted by atomic mass is 14.3. The summed E-state index contributed by atoms with van der Waals surface area (Å²) in [7, 11) is 0. The quantitative estimate of drug-likeness (QED) is 0.474. The average molecular weight is 220 g/mol. The first-order chi connectivity index (χ1) is 7.95. The molecule has 3 aliphatic carbocycles. The van der Waals surface area contributed by atoms with Crippen LogP contribution < -0.4 is 0 Å². The lowest BCUT2D eigenvalue weighted by molar-refractivity contribution is 0.245. The van der Waals surface area contributed by atoms with Crippen LogP contribution >= 0.6 is 0 Å². The molecule has 1 saturated carbocycles. The first-order valence-electron chi connectivity index (χ1n) is 7.60. The van der Waals surface area contributed by atoms with Crippen LogP contribution in [0, 0.1) is 11.8 Å². The minimum atomic E-state index is 1.09. The van der Waals surface area contributed by atoms with Gasteiger partial charge in [0.25, 0.3) is 0 Å². The molecule has 3 aliphatic rings. The predicted octanol–water partition coefficient (Wildman–Crippen LogP) is 5.48. The maximum absolute atomic E-state index is 2.42. The molecular weight excluding hydrogens is 192 g/mol. The number of hydrogen-bond acceptors (Lipinski definition) is 0. The van der Waals surface area contributed by atoms with Crippen molar-refractivity contribution in [2.45, 2.75) is 77.0 Å². The van der Waals surface area contributed by atoms with E-state index in [-0.39, 0.29) is 0 Å². The van der Waals surface area contributed by atoms with E-state index in [2.05, 4.69) is 12.2 Å². The highest BCUT2D eigenvalue weighted by Gasteiger charge is 2.20. The van der Waals surface area contributed by atoms with Crippen LogP contribution in [0.1, 0.15) is 77.0 Å². The summed E-state index contributed by atoms with van der Waals surface area (Å²) in [6, 6.07) is 0. The summed E-state index contributed by atoms with van der Waals surface area (Å²) in [5.41, 5.74) is 0. The summed E-state index contributed by atoms with van der Waals surface area (Å²) in [6.07, 6.45) is 22.5. The number of fused-ring (bicyclic) bond motifs is 10. The molecule has 0 aromatic rings. The summed E-state index contributed by atoms with van der Waals surface area (Å²) in [4.78, 5) is 0. The lowest BCUT2D eigenvalue weighted by atomic mass is 9.78. The molecule has 2 bridgehead atoms. The lowest BCUT2D eigenvalue weighted by Crippen LogP contribution is -2.14. The summed E-state index contributed by atoms with van der Waals surface area (Å²) in [5.74, 6) is 2.17. The second-order valence-corrected chi connectivity index (χ2v) is 5.93. The zero-order valence-corrected chi connectivity index (χ0v) is 10.8. The van der Waals surface area contributed by atoms with Crippen molar-refractivity contribution in [3.05, 3.63) is 12.2 Å². The van der Waals surface area contributed by atoms with Gasteiger partial charge in [0.15, 0.2) is 0 Å². The van der Waals surface area contributed by atoms with E-state index in [1.165, 1.54) is 51.4 Å². The number of rotatable bonds is 0. The van der Waals surface area contributed by atoms with Crippen molar-refractivity contribution in [3.8, 4) is 0 Å². The van der Waals surface area contributed by atoms with E-state index in [1.54, 1.807) is 25.7 Å². The van der Waals surface area contributed by atoms with Gasteiger partial charge < -0.3 is 0 Å². The van der Waals surface area contributed by atoms with E-state index in [0.717, 1.165) is 11.8 Å². The Balaban J connectivity index is 1.78. The third kappa shape index (κ3) is 4.31. The fraction of sp³-hybridized carbons (Fsp3) is 0.875. The Bertz CT molecular complexity index is 174. The van der Waals surface area contributed by atoms with Gasteiger partial charge in [-0.15, -0.1) is 0 Å². The minimum absolute atomic E-state index is 1.09. The van der Waals surface area contributed by atoms with Crippen molar-refractivity contribution in [1.82, 2.24) is 0 Å². The molecule has 0 aromatic heterocycles. The van der Waals surface area contributed by atoms with Crippen molar-refractivity contribution < 1.29 is 0 Å². The third-order valence-electron chi connectivity index (χ3n) is 4.60. The Morgan fingerprint density at radius 2 is 0.938 bits per heavy atom. The summed E-state index contributed by atoms with van der Waals surface area (Å²) >= 11 is 0. The molecule has 0 unspecified atom stereocenters. The van der Waals surface area contributed by atoms with Gasteiger partial charge in [0.2, 0.25) is 0 Å². The van der Waals surface area contributed by atoms with Crippen LogP contribution in [0.3, 0.4) is 0 Å². The molecule has 0 saturated heterocycles. The molecule has 0 spiro atoms. The van der Waals surface area contributed by atoms with Crippen molar-refractivity contribution in [1.29, 1.82) is 0 Å². The lowest BCUT2D eigenvalue weighted by Gasteiger charge is -2.28. The van der Waals surface area contributed by atoms with E-state index >= 15 is 0 Å². The highest BCUT2D eigenvalue weighted by Crippen LogP contribution is 2.34. The van der Waals surface area contributed by atoms with Gasteiger partial charge in [0.1, 0.15) is 0 Å². The topological polar surface area (TPSA) is 0 Å². The molecule has 1 fully saturated rings. The van der Waals surface area contributed by atoms with Gasteiger partial charge in [-0.1, -0.05) is 63.5 Å². The molecular formula is C16H28. The molecule has 3 rings (SSSR count). The van der Waals surface area contributed by atoms with Crippen LogP contribution in [0.2, 0.25) is 0 Å². The van der Waals surface area contributed by atoms with E-state index < -0.39 is 0 Å². The molecule has 16 heavy (non-hydrogen) atoms. The number of allylic oxidation sites excluding steroid dienone is 2. The van der Waals surface area contributed by atoms with Crippen molar-refractivity contribution in [2.24, 2.45) is 11.8 Å². The van der Waals surface area contributed by atoms with Crippen molar-refractivity contribution in [2.75, 3.05) is 0 Å². The van der Waals surface area contributed by atoms with Gasteiger partial charge in [0, 0.05) is 0 Å². The zero-order valence-electron chi connectivity index (χ0n) is 10.8. The SMILES string of the molecule is C1=CCCCCC2CCC(CCCC1)CC2. The maximum Gasteiger partial charge on any atom is -0.0351 e. The molecule has 0 heterocycles. The van der Waals surface area contributed by atoms with Gasteiger partial charge in [-0.05, 0) is 37.5 Å². The fourth-order valence-electron chi connectivity index (χ4n) is 3.43. The number of hydrogen-bond donors (Lipinski definition) is 0. The van der Waals surface area contributed by atoms with Gasteiger partial charge in [0.05, 0.1) is 0 Å². The molecule has 0 heteroatoms. The standard InChI is InChI=1S/C16H28/c1-2-4-6-8-10-16-13-11-15(12-14-16)9-7-5-3-1/h1-2,15-16H,3-14H2. The minimum Gasteiger partial charge on any atom is -0.0885 e. The second-order valence-electron chi connectivity index (χ2n) is 5.93. The Hall–Kier alpha value is -0.260. The second kappa shape index (κ2) is 7.14.